The second kappa shape index (κ2) is 5.82. The van der Waals surface area contributed by atoms with Gasteiger partial charge in [0.1, 0.15) is 5.75 Å². The molecule has 0 atom stereocenters. The largest absolute Gasteiger partial charge is 0.497 e. The normalized spacial score (nSPS) is 10.6. The Morgan fingerprint density at radius 2 is 2.11 bits per heavy atom. The van der Waals surface area contributed by atoms with Crippen LogP contribution in [-0.4, -0.2) is 23.2 Å². The molecule has 0 bridgehead atoms. The average molecular weight is 255 g/mol. The molecule has 19 heavy (non-hydrogen) atoms. The van der Waals surface area contributed by atoms with E-state index in [0.29, 0.717) is 5.69 Å². The number of pyridine rings is 1. The van der Waals surface area contributed by atoms with Crippen LogP contribution < -0.4 is 4.74 Å². The van der Waals surface area contributed by atoms with Gasteiger partial charge in [0.05, 0.1) is 18.4 Å². The minimum absolute atomic E-state index is 0.179. The zero-order valence-corrected chi connectivity index (χ0v) is 10.4. The van der Waals surface area contributed by atoms with Crippen LogP contribution in [0.25, 0.3) is 12.2 Å². The molecule has 1 aromatic heterocycles. The molecule has 2 rings (SSSR count). The summed E-state index contributed by atoms with van der Waals surface area (Å²) in [6.45, 7) is 0. The fraction of sp³-hybridized carbons (Fsp3) is 0.0667. The number of benzene rings is 1. The monoisotopic (exact) mass is 255 g/mol. The third-order valence-corrected chi connectivity index (χ3v) is 2.57. The summed E-state index contributed by atoms with van der Waals surface area (Å²) in [7, 11) is 1.62. The summed E-state index contributed by atoms with van der Waals surface area (Å²) in [5, 5.41) is 8.77. The van der Waals surface area contributed by atoms with E-state index in [1.165, 1.54) is 12.3 Å². The van der Waals surface area contributed by atoms with Crippen molar-refractivity contribution in [2.24, 2.45) is 0 Å². The third kappa shape index (κ3) is 3.42. The van der Waals surface area contributed by atoms with Gasteiger partial charge in [-0.05, 0) is 35.9 Å². The summed E-state index contributed by atoms with van der Waals surface area (Å²) >= 11 is 0. The Morgan fingerprint density at radius 1 is 1.26 bits per heavy atom. The first-order chi connectivity index (χ1) is 9.19. The molecule has 4 nitrogen and oxygen atoms in total. The second-order valence-electron chi connectivity index (χ2n) is 3.89. The predicted octanol–water partition coefficient (Wildman–Crippen LogP) is 2.96. The second-order valence-corrected chi connectivity index (χ2v) is 3.89. The van der Waals surface area contributed by atoms with E-state index in [0.717, 1.165) is 11.3 Å². The number of carbonyl (C=O) groups is 1. The van der Waals surface area contributed by atoms with Crippen molar-refractivity contribution >= 4 is 18.1 Å². The van der Waals surface area contributed by atoms with Gasteiger partial charge < -0.3 is 9.84 Å². The van der Waals surface area contributed by atoms with E-state index < -0.39 is 5.97 Å². The van der Waals surface area contributed by atoms with Crippen molar-refractivity contribution in [3.05, 3.63) is 59.4 Å². The highest BCUT2D eigenvalue weighted by Crippen LogP contribution is 2.14. The van der Waals surface area contributed by atoms with Crippen molar-refractivity contribution < 1.29 is 14.6 Å². The number of rotatable bonds is 4. The highest BCUT2D eigenvalue weighted by atomic mass is 16.5. The van der Waals surface area contributed by atoms with E-state index in [4.69, 9.17) is 9.84 Å². The number of methoxy groups -OCH3 is 1. The van der Waals surface area contributed by atoms with Gasteiger partial charge in [0.15, 0.2) is 0 Å². The van der Waals surface area contributed by atoms with Gasteiger partial charge in [0, 0.05) is 6.20 Å². The number of aromatic carboxylic acids is 1. The summed E-state index contributed by atoms with van der Waals surface area (Å²) in [5.74, 6) is -0.188. The lowest BCUT2D eigenvalue weighted by Gasteiger charge is -2.00. The van der Waals surface area contributed by atoms with Gasteiger partial charge in [-0.15, -0.1) is 0 Å². The van der Waals surface area contributed by atoms with Crippen molar-refractivity contribution in [2.75, 3.05) is 7.11 Å². The molecule has 0 amide bonds. The lowest BCUT2D eigenvalue weighted by molar-refractivity contribution is 0.0696. The number of carboxylic acid groups (broad SMARTS) is 1. The molecule has 0 radical (unpaired) electrons. The predicted molar refractivity (Wildman–Crippen MR) is 73.1 cm³/mol. The summed E-state index contributed by atoms with van der Waals surface area (Å²) in [6.07, 6.45) is 5.05. The molecule has 2 aromatic rings. The lowest BCUT2D eigenvalue weighted by Crippen LogP contribution is -1.96. The van der Waals surface area contributed by atoms with Crippen LogP contribution >= 0.6 is 0 Å². The van der Waals surface area contributed by atoms with Gasteiger partial charge in [-0.1, -0.05) is 18.2 Å². The Kier molecular flexibility index (Phi) is 3.93. The highest BCUT2D eigenvalue weighted by Gasteiger charge is 2.01. The Labute approximate surface area is 111 Å². The van der Waals surface area contributed by atoms with Crippen molar-refractivity contribution in [1.29, 1.82) is 0 Å². The van der Waals surface area contributed by atoms with Crippen LogP contribution in [0.15, 0.2) is 42.6 Å². The van der Waals surface area contributed by atoms with Crippen LogP contribution in [0.4, 0.5) is 0 Å². The van der Waals surface area contributed by atoms with Gasteiger partial charge in [0.2, 0.25) is 0 Å². The maximum absolute atomic E-state index is 10.7. The number of hydrogen-bond acceptors (Lipinski definition) is 3. The smallest absolute Gasteiger partial charge is 0.337 e. The zero-order chi connectivity index (χ0) is 13.7. The quantitative estimate of drug-likeness (QED) is 0.912. The van der Waals surface area contributed by atoms with Gasteiger partial charge in [-0.25, -0.2) is 4.79 Å². The van der Waals surface area contributed by atoms with Gasteiger partial charge in [0.25, 0.3) is 0 Å². The van der Waals surface area contributed by atoms with Crippen molar-refractivity contribution in [1.82, 2.24) is 4.98 Å². The number of nitrogens with zero attached hydrogens (tertiary/aromatic N) is 1. The molecule has 0 aliphatic rings. The van der Waals surface area contributed by atoms with Crippen molar-refractivity contribution in [3.63, 3.8) is 0 Å². The maximum atomic E-state index is 10.7. The summed E-state index contributed by atoms with van der Waals surface area (Å²) in [6, 6.07) is 10.8. The van der Waals surface area contributed by atoms with E-state index in [1.54, 1.807) is 13.2 Å². The molecule has 0 aliphatic heterocycles. The molecular formula is C15H13NO3. The molecule has 1 N–H and O–H groups in total. The van der Waals surface area contributed by atoms with Crippen LogP contribution in [0.3, 0.4) is 0 Å². The molecular weight excluding hydrogens is 242 g/mol. The van der Waals surface area contributed by atoms with E-state index in [1.807, 2.05) is 36.4 Å². The van der Waals surface area contributed by atoms with Crippen LogP contribution in [0, 0.1) is 0 Å². The van der Waals surface area contributed by atoms with Gasteiger partial charge >= 0.3 is 5.97 Å². The average Bonchev–Trinajstić information content (AvgIpc) is 2.46. The zero-order valence-electron chi connectivity index (χ0n) is 10.4. The van der Waals surface area contributed by atoms with Crippen LogP contribution in [0.2, 0.25) is 0 Å². The fourth-order valence-corrected chi connectivity index (χ4v) is 1.56. The Morgan fingerprint density at radius 3 is 2.74 bits per heavy atom. The number of hydrogen-bond donors (Lipinski definition) is 1. The molecule has 0 spiro atoms. The van der Waals surface area contributed by atoms with Crippen LogP contribution in [0.5, 0.6) is 5.75 Å². The van der Waals surface area contributed by atoms with Gasteiger partial charge in [-0.2, -0.15) is 0 Å². The van der Waals surface area contributed by atoms with E-state index in [2.05, 4.69) is 4.98 Å². The van der Waals surface area contributed by atoms with E-state index in [-0.39, 0.29) is 5.56 Å². The van der Waals surface area contributed by atoms with Crippen molar-refractivity contribution in [3.8, 4) is 5.75 Å². The molecule has 1 heterocycles. The first-order valence-electron chi connectivity index (χ1n) is 5.70. The number of carboxylic acids is 1. The maximum Gasteiger partial charge on any atom is 0.337 e. The summed E-state index contributed by atoms with van der Waals surface area (Å²) < 4.78 is 5.13. The Bertz CT molecular complexity index is 603. The van der Waals surface area contributed by atoms with Gasteiger partial charge in [-0.3, -0.25) is 4.98 Å². The van der Waals surface area contributed by atoms with E-state index in [9.17, 15) is 4.79 Å². The number of aromatic nitrogens is 1. The molecule has 4 heteroatoms. The highest BCUT2D eigenvalue weighted by molar-refractivity contribution is 5.87. The molecule has 0 saturated carbocycles. The first kappa shape index (κ1) is 12.8. The molecule has 0 fully saturated rings. The lowest BCUT2D eigenvalue weighted by atomic mass is 10.2. The first-order valence-corrected chi connectivity index (χ1v) is 5.70. The fourth-order valence-electron chi connectivity index (χ4n) is 1.56. The Balaban J connectivity index is 2.15. The SMILES string of the molecule is COc1cccc(/C=C/c2ccc(C(=O)O)cn2)c1. The molecule has 1 aromatic carbocycles. The minimum atomic E-state index is -0.976. The molecule has 96 valence electrons. The summed E-state index contributed by atoms with van der Waals surface area (Å²) in [5.41, 5.74) is 1.87. The van der Waals surface area contributed by atoms with E-state index >= 15 is 0 Å². The van der Waals surface area contributed by atoms with Crippen molar-refractivity contribution in [2.45, 2.75) is 0 Å². The Hall–Kier alpha value is -2.62. The molecule has 0 aliphatic carbocycles. The van der Waals surface area contributed by atoms with Crippen LogP contribution in [-0.2, 0) is 0 Å². The minimum Gasteiger partial charge on any atom is -0.497 e. The number of ether oxygens (including phenoxy) is 1. The third-order valence-electron chi connectivity index (χ3n) is 2.57. The van der Waals surface area contributed by atoms with Crippen LogP contribution in [0.1, 0.15) is 21.6 Å². The standard InChI is InChI=1S/C15H13NO3/c1-19-14-4-2-3-11(9-14)5-7-13-8-6-12(10-16-13)15(17)18/h2-10H,1H3,(H,17,18)/b7-5+. The topological polar surface area (TPSA) is 59.4 Å². The summed E-state index contributed by atoms with van der Waals surface area (Å²) in [4.78, 5) is 14.7. The molecule has 0 unspecified atom stereocenters. The molecule has 0 saturated heterocycles.